The zero-order chi connectivity index (χ0) is 12.3. The summed E-state index contributed by atoms with van der Waals surface area (Å²) >= 11 is 0. The first-order chi connectivity index (χ1) is 8.09. The molecule has 2 aliphatic rings. The molecule has 1 aliphatic heterocycles. The zero-order valence-corrected chi connectivity index (χ0v) is 11.4. The summed E-state index contributed by atoms with van der Waals surface area (Å²) in [6.45, 7) is 9.64. The fraction of sp³-hybridized carbons (Fsp3) is 1.00. The van der Waals surface area contributed by atoms with Gasteiger partial charge in [-0.1, -0.05) is 13.8 Å². The SMILES string of the molecule is CC(C)(CNC1CC1)CN1CCCC(CO)C1. The van der Waals surface area contributed by atoms with Crippen LogP contribution < -0.4 is 5.32 Å². The minimum Gasteiger partial charge on any atom is -0.396 e. The van der Waals surface area contributed by atoms with Crippen LogP contribution in [0.15, 0.2) is 0 Å². The van der Waals surface area contributed by atoms with Crippen LogP contribution in [0.1, 0.15) is 39.5 Å². The first-order valence-electron chi connectivity index (χ1n) is 7.16. The lowest BCUT2D eigenvalue weighted by molar-refractivity contribution is 0.0888. The van der Waals surface area contributed by atoms with E-state index in [-0.39, 0.29) is 0 Å². The van der Waals surface area contributed by atoms with Crippen molar-refractivity contribution in [3.05, 3.63) is 0 Å². The third-order valence-electron chi connectivity index (χ3n) is 3.96. The molecule has 0 aromatic heterocycles. The summed E-state index contributed by atoms with van der Waals surface area (Å²) in [5.41, 5.74) is 0.347. The molecule has 3 nitrogen and oxygen atoms in total. The molecule has 2 fully saturated rings. The maximum Gasteiger partial charge on any atom is 0.0471 e. The predicted molar refractivity (Wildman–Crippen MR) is 71.1 cm³/mol. The van der Waals surface area contributed by atoms with Crippen LogP contribution in [0, 0.1) is 11.3 Å². The molecule has 0 radical (unpaired) electrons. The maximum atomic E-state index is 9.25. The lowest BCUT2D eigenvalue weighted by Crippen LogP contribution is -2.45. The van der Waals surface area contributed by atoms with Gasteiger partial charge in [-0.15, -0.1) is 0 Å². The Labute approximate surface area is 106 Å². The van der Waals surface area contributed by atoms with Gasteiger partial charge >= 0.3 is 0 Å². The largest absolute Gasteiger partial charge is 0.396 e. The summed E-state index contributed by atoms with van der Waals surface area (Å²) in [5, 5.41) is 12.9. The number of rotatable bonds is 6. The Balaban J connectivity index is 1.73. The topological polar surface area (TPSA) is 35.5 Å². The molecule has 0 aromatic rings. The van der Waals surface area contributed by atoms with Crippen LogP contribution in [-0.4, -0.2) is 48.8 Å². The van der Waals surface area contributed by atoms with E-state index in [2.05, 4.69) is 24.1 Å². The minimum atomic E-state index is 0.347. The van der Waals surface area contributed by atoms with E-state index in [1.807, 2.05) is 0 Å². The van der Waals surface area contributed by atoms with Crippen molar-refractivity contribution in [1.82, 2.24) is 10.2 Å². The summed E-state index contributed by atoms with van der Waals surface area (Å²) < 4.78 is 0. The van der Waals surface area contributed by atoms with Crippen LogP contribution in [0.3, 0.4) is 0 Å². The van der Waals surface area contributed by atoms with Gasteiger partial charge in [0.15, 0.2) is 0 Å². The lowest BCUT2D eigenvalue weighted by Gasteiger charge is -2.37. The number of aliphatic hydroxyl groups excluding tert-OH is 1. The van der Waals surface area contributed by atoms with Gasteiger partial charge in [0, 0.05) is 32.3 Å². The zero-order valence-electron chi connectivity index (χ0n) is 11.4. The number of hydrogen-bond acceptors (Lipinski definition) is 3. The Morgan fingerprint density at radius 3 is 2.71 bits per heavy atom. The monoisotopic (exact) mass is 240 g/mol. The normalized spacial score (nSPS) is 27.4. The van der Waals surface area contributed by atoms with Crippen molar-refractivity contribution < 1.29 is 5.11 Å². The Hall–Kier alpha value is -0.120. The Morgan fingerprint density at radius 1 is 1.29 bits per heavy atom. The van der Waals surface area contributed by atoms with Gasteiger partial charge in [-0.25, -0.2) is 0 Å². The molecule has 1 saturated heterocycles. The third-order valence-corrected chi connectivity index (χ3v) is 3.96. The highest BCUT2D eigenvalue weighted by molar-refractivity contribution is 4.86. The predicted octanol–water partition coefficient (Wildman–Crippen LogP) is 1.47. The van der Waals surface area contributed by atoms with E-state index < -0.39 is 0 Å². The van der Waals surface area contributed by atoms with Gasteiger partial charge in [0.1, 0.15) is 0 Å². The van der Waals surface area contributed by atoms with Crippen molar-refractivity contribution >= 4 is 0 Å². The standard InChI is InChI=1S/C14H28N2O/c1-14(2,10-15-13-5-6-13)11-16-7-3-4-12(8-16)9-17/h12-13,15,17H,3-11H2,1-2H3. The molecule has 2 rings (SSSR count). The van der Waals surface area contributed by atoms with Gasteiger partial charge in [0.05, 0.1) is 0 Å². The van der Waals surface area contributed by atoms with Crippen LogP contribution in [0.4, 0.5) is 0 Å². The van der Waals surface area contributed by atoms with Crippen molar-refractivity contribution in [3.8, 4) is 0 Å². The van der Waals surface area contributed by atoms with Gasteiger partial charge in [0.25, 0.3) is 0 Å². The van der Waals surface area contributed by atoms with E-state index in [0.29, 0.717) is 17.9 Å². The summed E-state index contributed by atoms with van der Waals surface area (Å²) in [5.74, 6) is 0.510. The molecule has 0 bridgehead atoms. The number of likely N-dealkylation sites (tertiary alicyclic amines) is 1. The van der Waals surface area contributed by atoms with Crippen molar-refractivity contribution in [2.75, 3.05) is 32.8 Å². The second-order valence-electron chi connectivity index (χ2n) is 6.75. The molecular weight excluding hydrogens is 212 g/mol. The van der Waals surface area contributed by atoms with Crippen LogP contribution in [0.2, 0.25) is 0 Å². The number of hydrogen-bond donors (Lipinski definition) is 2. The average Bonchev–Trinajstić information content (AvgIpc) is 3.10. The summed E-state index contributed by atoms with van der Waals surface area (Å²) in [7, 11) is 0. The van der Waals surface area contributed by atoms with Crippen LogP contribution in [0.5, 0.6) is 0 Å². The fourth-order valence-electron chi connectivity index (χ4n) is 2.81. The quantitative estimate of drug-likeness (QED) is 0.738. The van der Waals surface area contributed by atoms with Crippen molar-refractivity contribution in [2.24, 2.45) is 11.3 Å². The molecule has 17 heavy (non-hydrogen) atoms. The first-order valence-corrected chi connectivity index (χ1v) is 7.16. The summed E-state index contributed by atoms with van der Waals surface area (Å²) in [6, 6.07) is 0.806. The Morgan fingerprint density at radius 2 is 2.06 bits per heavy atom. The lowest BCUT2D eigenvalue weighted by atomic mass is 9.90. The average molecular weight is 240 g/mol. The second-order valence-corrected chi connectivity index (χ2v) is 6.75. The van der Waals surface area contributed by atoms with E-state index in [9.17, 15) is 5.11 Å². The molecule has 1 atom stereocenters. The molecule has 1 unspecified atom stereocenters. The van der Waals surface area contributed by atoms with Crippen LogP contribution in [0.25, 0.3) is 0 Å². The maximum absolute atomic E-state index is 9.25. The molecule has 0 aromatic carbocycles. The number of nitrogens with one attached hydrogen (secondary N) is 1. The summed E-state index contributed by atoms with van der Waals surface area (Å²) in [4.78, 5) is 2.54. The third kappa shape index (κ3) is 4.57. The van der Waals surface area contributed by atoms with E-state index >= 15 is 0 Å². The molecule has 0 spiro atoms. The fourth-order valence-corrected chi connectivity index (χ4v) is 2.81. The highest BCUT2D eigenvalue weighted by atomic mass is 16.3. The highest BCUT2D eigenvalue weighted by Gasteiger charge is 2.28. The number of aliphatic hydroxyl groups is 1. The molecule has 3 heteroatoms. The van der Waals surface area contributed by atoms with Crippen molar-refractivity contribution in [1.29, 1.82) is 0 Å². The molecule has 2 N–H and O–H groups in total. The molecule has 1 saturated carbocycles. The second kappa shape index (κ2) is 5.68. The molecule has 1 heterocycles. The van der Waals surface area contributed by atoms with Gasteiger partial charge in [-0.05, 0) is 43.6 Å². The van der Waals surface area contributed by atoms with E-state index in [1.54, 1.807) is 0 Å². The van der Waals surface area contributed by atoms with Crippen molar-refractivity contribution in [3.63, 3.8) is 0 Å². The Kier molecular flexibility index (Phi) is 4.45. The van der Waals surface area contributed by atoms with Gasteiger partial charge in [-0.3, -0.25) is 0 Å². The number of nitrogens with zero attached hydrogens (tertiary/aromatic N) is 1. The van der Waals surface area contributed by atoms with Gasteiger partial charge in [0.2, 0.25) is 0 Å². The van der Waals surface area contributed by atoms with Gasteiger partial charge in [-0.2, -0.15) is 0 Å². The molecule has 100 valence electrons. The highest BCUT2D eigenvalue weighted by Crippen LogP contribution is 2.24. The van der Waals surface area contributed by atoms with Crippen LogP contribution >= 0.6 is 0 Å². The first kappa shape index (κ1) is 13.3. The smallest absolute Gasteiger partial charge is 0.0471 e. The van der Waals surface area contributed by atoms with Crippen LogP contribution in [-0.2, 0) is 0 Å². The number of piperidine rings is 1. The molecular formula is C14H28N2O. The summed E-state index contributed by atoms with van der Waals surface area (Å²) in [6.07, 6.45) is 5.18. The minimum absolute atomic E-state index is 0.347. The van der Waals surface area contributed by atoms with Crippen molar-refractivity contribution in [2.45, 2.75) is 45.6 Å². The van der Waals surface area contributed by atoms with E-state index in [1.165, 1.54) is 32.2 Å². The molecule has 0 amide bonds. The Bertz CT molecular complexity index is 238. The van der Waals surface area contributed by atoms with E-state index in [0.717, 1.165) is 25.7 Å². The van der Waals surface area contributed by atoms with Gasteiger partial charge < -0.3 is 15.3 Å². The van der Waals surface area contributed by atoms with E-state index in [4.69, 9.17) is 0 Å². The molecule has 1 aliphatic carbocycles.